The molecule has 2 aromatic rings. The number of hydrogen-bond acceptors (Lipinski definition) is 4. The van der Waals surface area contributed by atoms with Crippen LogP contribution < -0.4 is 0 Å². The zero-order valence-corrected chi connectivity index (χ0v) is 20.4. The van der Waals surface area contributed by atoms with Crippen molar-refractivity contribution in [2.24, 2.45) is 5.92 Å². The Bertz CT molecular complexity index is 1170. The minimum atomic E-state index is -3.69. The number of hydrogen-bond donors (Lipinski definition) is 0. The zero-order chi connectivity index (χ0) is 24.2. The predicted molar refractivity (Wildman–Crippen MR) is 129 cm³/mol. The summed E-state index contributed by atoms with van der Waals surface area (Å²) in [6.07, 6.45) is 3.33. The van der Waals surface area contributed by atoms with Gasteiger partial charge in [-0.15, -0.1) is 6.58 Å². The molecule has 0 unspecified atom stereocenters. The van der Waals surface area contributed by atoms with Gasteiger partial charge < -0.3 is 4.90 Å². The first kappa shape index (κ1) is 24.7. The van der Waals surface area contributed by atoms with Gasteiger partial charge in [0.05, 0.1) is 16.5 Å². The van der Waals surface area contributed by atoms with E-state index in [4.69, 9.17) is 5.26 Å². The Labute approximate surface area is 197 Å². The number of aryl methyl sites for hydroxylation is 1. The van der Waals surface area contributed by atoms with E-state index in [0.29, 0.717) is 48.8 Å². The van der Waals surface area contributed by atoms with Gasteiger partial charge in [0, 0.05) is 31.7 Å². The predicted octanol–water partition coefficient (Wildman–Crippen LogP) is 4.42. The molecule has 1 aliphatic rings. The molecule has 3 rings (SSSR count). The molecule has 0 bridgehead atoms. The van der Waals surface area contributed by atoms with Gasteiger partial charge in [0.25, 0.3) is 5.91 Å². The van der Waals surface area contributed by atoms with Gasteiger partial charge in [0.2, 0.25) is 10.0 Å². The van der Waals surface area contributed by atoms with Crippen LogP contribution in [0.15, 0.2) is 53.9 Å². The smallest absolute Gasteiger partial charge is 0.254 e. The second-order valence-corrected chi connectivity index (χ2v) is 10.7. The van der Waals surface area contributed by atoms with Gasteiger partial charge in [-0.1, -0.05) is 25.1 Å². The molecule has 0 aliphatic carbocycles. The minimum absolute atomic E-state index is 0.206. The fourth-order valence-corrected chi connectivity index (χ4v) is 5.84. The molecule has 2 aromatic carbocycles. The largest absolute Gasteiger partial charge is 0.331 e. The molecule has 174 valence electrons. The maximum absolute atomic E-state index is 13.4. The van der Waals surface area contributed by atoms with Crippen molar-refractivity contribution in [2.75, 3.05) is 19.6 Å². The van der Waals surface area contributed by atoms with Crippen LogP contribution in [0.1, 0.15) is 52.4 Å². The minimum Gasteiger partial charge on any atom is -0.331 e. The molecule has 1 aliphatic heterocycles. The molecule has 0 atom stereocenters. The normalized spacial score (nSPS) is 15.1. The van der Waals surface area contributed by atoms with Crippen LogP contribution in [-0.2, 0) is 16.6 Å². The molecule has 33 heavy (non-hydrogen) atoms. The summed E-state index contributed by atoms with van der Waals surface area (Å²) in [6, 6.07) is 12.4. The van der Waals surface area contributed by atoms with Crippen molar-refractivity contribution in [3.05, 3.63) is 76.9 Å². The Balaban J connectivity index is 1.93. The number of rotatable bonds is 7. The summed E-state index contributed by atoms with van der Waals surface area (Å²) in [5.74, 6) is 0.257. The molecule has 7 heteroatoms. The fourth-order valence-electron chi connectivity index (χ4n) is 4.05. The summed E-state index contributed by atoms with van der Waals surface area (Å²) in [7, 11) is -3.69. The molecule has 1 fully saturated rings. The van der Waals surface area contributed by atoms with E-state index in [2.05, 4.69) is 19.6 Å². The van der Waals surface area contributed by atoms with Crippen LogP contribution in [0.4, 0.5) is 0 Å². The highest BCUT2D eigenvalue weighted by Gasteiger charge is 2.31. The van der Waals surface area contributed by atoms with Crippen LogP contribution in [0.5, 0.6) is 0 Å². The van der Waals surface area contributed by atoms with E-state index in [1.807, 2.05) is 19.1 Å². The highest BCUT2D eigenvalue weighted by molar-refractivity contribution is 7.89. The van der Waals surface area contributed by atoms with E-state index in [-0.39, 0.29) is 10.8 Å². The van der Waals surface area contributed by atoms with Crippen LogP contribution in [0.25, 0.3) is 0 Å². The SMILES string of the molecule is C=CCN(Cc1ccc(C#N)cc1)C(=O)c1cc(C)c(C)c(S(=O)(=O)N2CCC(C)CC2)c1. The van der Waals surface area contributed by atoms with Gasteiger partial charge in [-0.25, -0.2) is 8.42 Å². The van der Waals surface area contributed by atoms with Gasteiger partial charge >= 0.3 is 0 Å². The van der Waals surface area contributed by atoms with Crippen LogP contribution in [0.2, 0.25) is 0 Å². The topological polar surface area (TPSA) is 81.5 Å². The number of carbonyl (C=O) groups is 1. The number of amides is 1. The summed E-state index contributed by atoms with van der Waals surface area (Å²) in [4.78, 5) is 15.3. The first-order chi connectivity index (χ1) is 15.7. The van der Waals surface area contributed by atoms with E-state index in [0.717, 1.165) is 24.0 Å². The average molecular weight is 466 g/mol. The molecule has 0 aromatic heterocycles. The lowest BCUT2D eigenvalue weighted by molar-refractivity contribution is 0.0762. The van der Waals surface area contributed by atoms with Crippen molar-refractivity contribution in [3.8, 4) is 6.07 Å². The molecule has 0 saturated carbocycles. The number of benzene rings is 2. The summed E-state index contributed by atoms with van der Waals surface area (Å²) in [5, 5.41) is 9.00. The van der Waals surface area contributed by atoms with Crippen LogP contribution in [0, 0.1) is 31.1 Å². The molecule has 6 nitrogen and oxygen atoms in total. The lowest BCUT2D eigenvalue weighted by Gasteiger charge is -2.30. The lowest BCUT2D eigenvalue weighted by Crippen LogP contribution is -2.38. The molecule has 1 heterocycles. The monoisotopic (exact) mass is 465 g/mol. The third-order valence-electron chi connectivity index (χ3n) is 6.32. The third-order valence-corrected chi connectivity index (χ3v) is 8.35. The van der Waals surface area contributed by atoms with E-state index < -0.39 is 10.0 Å². The second-order valence-electron chi connectivity index (χ2n) is 8.79. The number of sulfonamides is 1. The summed E-state index contributed by atoms with van der Waals surface area (Å²) in [5.41, 5.74) is 3.21. The third kappa shape index (κ3) is 5.52. The first-order valence-corrected chi connectivity index (χ1v) is 12.6. The molecule has 0 N–H and O–H groups in total. The van der Waals surface area contributed by atoms with Gasteiger partial charge in [-0.3, -0.25) is 4.79 Å². The molecule has 1 saturated heterocycles. The van der Waals surface area contributed by atoms with Gasteiger partial charge in [-0.2, -0.15) is 9.57 Å². The van der Waals surface area contributed by atoms with Crippen molar-refractivity contribution in [2.45, 2.75) is 45.1 Å². The zero-order valence-electron chi connectivity index (χ0n) is 19.5. The first-order valence-electron chi connectivity index (χ1n) is 11.2. The van der Waals surface area contributed by atoms with Gasteiger partial charge in [0.15, 0.2) is 0 Å². The van der Waals surface area contributed by atoms with Crippen molar-refractivity contribution in [1.82, 2.24) is 9.21 Å². The van der Waals surface area contributed by atoms with E-state index in [1.54, 1.807) is 40.4 Å². The van der Waals surface area contributed by atoms with Gasteiger partial charge in [0.1, 0.15) is 0 Å². The van der Waals surface area contributed by atoms with Crippen molar-refractivity contribution < 1.29 is 13.2 Å². The molecule has 0 spiro atoms. The maximum atomic E-state index is 13.4. The number of nitrogens with zero attached hydrogens (tertiary/aromatic N) is 3. The van der Waals surface area contributed by atoms with E-state index in [9.17, 15) is 13.2 Å². The Hall–Kier alpha value is -2.95. The Morgan fingerprint density at radius 1 is 1.21 bits per heavy atom. The maximum Gasteiger partial charge on any atom is 0.254 e. The highest BCUT2D eigenvalue weighted by atomic mass is 32.2. The standard InChI is InChI=1S/C26H31N3O3S/c1-5-12-28(18-23-8-6-22(17-27)7-9-23)26(30)24-15-20(3)21(4)25(16-24)33(31,32)29-13-10-19(2)11-14-29/h5-9,15-16,19H,1,10-14,18H2,2-4H3. The number of carbonyl (C=O) groups excluding carboxylic acids is 1. The van der Waals surface area contributed by atoms with Crippen molar-refractivity contribution in [1.29, 1.82) is 5.26 Å². The van der Waals surface area contributed by atoms with E-state index >= 15 is 0 Å². The fraction of sp³-hybridized carbons (Fsp3) is 0.385. The summed E-state index contributed by atoms with van der Waals surface area (Å²) >= 11 is 0. The Morgan fingerprint density at radius 2 is 1.85 bits per heavy atom. The summed E-state index contributed by atoms with van der Waals surface area (Å²) in [6.45, 7) is 11.2. The highest BCUT2D eigenvalue weighted by Crippen LogP contribution is 2.28. The average Bonchev–Trinajstić information content (AvgIpc) is 2.80. The van der Waals surface area contributed by atoms with Crippen LogP contribution in [0.3, 0.4) is 0 Å². The molecular weight excluding hydrogens is 434 g/mol. The van der Waals surface area contributed by atoms with E-state index in [1.165, 1.54) is 6.07 Å². The molecule has 0 radical (unpaired) electrons. The quantitative estimate of drug-likeness (QED) is 0.567. The lowest BCUT2D eigenvalue weighted by atomic mass is 10.0. The van der Waals surface area contributed by atoms with Gasteiger partial charge in [-0.05, 0) is 73.6 Å². The number of nitriles is 1. The Morgan fingerprint density at radius 3 is 2.42 bits per heavy atom. The number of piperidine rings is 1. The van der Waals surface area contributed by atoms with Crippen LogP contribution >= 0.6 is 0 Å². The van der Waals surface area contributed by atoms with Crippen molar-refractivity contribution in [3.63, 3.8) is 0 Å². The summed E-state index contributed by atoms with van der Waals surface area (Å²) < 4.78 is 28.4. The van der Waals surface area contributed by atoms with Crippen molar-refractivity contribution >= 4 is 15.9 Å². The molecular formula is C26H31N3O3S. The Kier molecular flexibility index (Phi) is 7.72. The van der Waals surface area contributed by atoms with Crippen LogP contribution in [-0.4, -0.2) is 43.2 Å². The second kappa shape index (κ2) is 10.3. The molecule has 1 amide bonds.